The van der Waals surface area contributed by atoms with Gasteiger partial charge in [0.15, 0.2) is 0 Å². The van der Waals surface area contributed by atoms with Crippen molar-refractivity contribution in [3.05, 3.63) is 36.7 Å². The third-order valence-corrected chi connectivity index (χ3v) is 2.39. The van der Waals surface area contributed by atoms with Gasteiger partial charge in [-0.15, -0.1) is 0 Å². The van der Waals surface area contributed by atoms with Crippen LogP contribution in [0, 0.1) is 0 Å². The first-order chi connectivity index (χ1) is 7.81. The third-order valence-electron chi connectivity index (χ3n) is 2.39. The molecule has 1 aromatic heterocycles. The van der Waals surface area contributed by atoms with Gasteiger partial charge in [-0.3, -0.25) is 0 Å². The molecular weight excluding hydrogens is 200 g/mol. The highest BCUT2D eigenvalue weighted by molar-refractivity contribution is 5.57. The van der Waals surface area contributed by atoms with E-state index in [-0.39, 0.29) is 0 Å². The predicted octanol–water partition coefficient (Wildman–Crippen LogP) is 2.88. The van der Waals surface area contributed by atoms with Gasteiger partial charge in [-0.25, -0.2) is 4.98 Å². The average Bonchev–Trinajstić information content (AvgIpc) is 2.73. The number of imidazole rings is 1. The Morgan fingerprint density at radius 3 is 2.94 bits per heavy atom. The zero-order chi connectivity index (χ0) is 11.4. The fourth-order valence-corrected chi connectivity index (χ4v) is 1.59. The molecule has 0 aliphatic rings. The molecule has 0 amide bonds. The minimum atomic E-state index is 0.754. The highest BCUT2D eigenvalue weighted by Gasteiger charge is 2.03. The maximum absolute atomic E-state index is 5.60. The molecule has 3 nitrogen and oxygen atoms in total. The molecule has 16 heavy (non-hydrogen) atoms. The van der Waals surface area contributed by atoms with Gasteiger partial charge < -0.3 is 9.30 Å². The van der Waals surface area contributed by atoms with Gasteiger partial charge in [0, 0.05) is 25.0 Å². The first-order valence-electron chi connectivity index (χ1n) is 5.52. The lowest BCUT2D eigenvalue weighted by Gasteiger charge is -2.06. The lowest BCUT2D eigenvalue weighted by atomic mass is 10.2. The molecule has 0 radical (unpaired) electrons. The first-order valence-corrected chi connectivity index (χ1v) is 5.52. The van der Waals surface area contributed by atoms with Gasteiger partial charge in [0.1, 0.15) is 11.6 Å². The standard InChI is InChI=1S/C13H16N2O/c1-3-9-16-12-6-4-5-11(10-12)13-14-7-8-15(13)2/h4-8,10H,3,9H2,1-2H3. The number of ether oxygens (including phenoxy) is 1. The van der Waals surface area contributed by atoms with Gasteiger partial charge in [-0.2, -0.15) is 0 Å². The summed E-state index contributed by atoms with van der Waals surface area (Å²) in [4.78, 5) is 4.31. The van der Waals surface area contributed by atoms with Gasteiger partial charge in [0.05, 0.1) is 6.61 Å². The molecule has 0 spiro atoms. The van der Waals surface area contributed by atoms with E-state index < -0.39 is 0 Å². The summed E-state index contributed by atoms with van der Waals surface area (Å²) >= 11 is 0. The van der Waals surface area contributed by atoms with Crippen molar-refractivity contribution in [2.45, 2.75) is 13.3 Å². The van der Waals surface area contributed by atoms with E-state index in [1.807, 2.05) is 42.1 Å². The number of hydrogen-bond acceptors (Lipinski definition) is 2. The van der Waals surface area contributed by atoms with Crippen LogP contribution in [0.3, 0.4) is 0 Å². The van der Waals surface area contributed by atoms with Crippen molar-refractivity contribution >= 4 is 0 Å². The van der Waals surface area contributed by atoms with Gasteiger partial charge in [-0.1, -0.05) is 19.1 Å². The summed E-state index contributed by atoms with van der Waals surface area (Å²) in [5.41, 5.74) is 1.08. The van der Waals surface area contributed by atoms with Crippen LogP contribution in [0.15, 0.2) is 36.7 Å². The number of aryl methyl sites for hydroxylation is 1. The molecule has 0 aliphatic heterocycles. The van der Waals surface area contributed by atoms with Crippen LogP contribution in [0.4, 0.5) is 0 Å². The normalized spacial score (nSPS) is 10.4. The summed E-state index contributed by atoms with van der Waals surface area (Å²) in [6, 6.07) is 8.04. The monoisotopic (exact) mass is 216 g/mol. The molecule has 2 aromatic rings. The Balaban J connectivity index is 2.26. The molecule has 1 aromatic carbocycles. The number of nitrogens with zero attached hydrogens (tertiary/aromatic N) is 2. The Labute approximate surface area is 95.7 Å². The molecule has 0 fully saturated rings. The molecule has 0 bridgehead atoms. The largest absolute Gasteiger partial charge is 0.494 e. The fraction of sp³-hybridized carbons (Fsp3) is 0.308. The zero-order valence-electron chi connectivity index (χ0n) is 9.68. The number of rotatable bonds is 4. The van der Waals surface area contributed by atoms with Crippen molar-refractivity contribution in [3.63, 3.8) is 0 Å². The molecule has 0 saturated carbocycles. The van der Waals surface area contributed by atoms with Crippen LogP contribution in [0.1, 0.15) is 13.3 Å². The van der Waals surface area contributed by atoms with E-state index in [0.717, 1.165) is 30.2 Å². The summed E-state index contributed by atoms with van der Waals surface area (Å²) in [6.07, 6.45) is 4.76. The van der Waals surface area contributed by atoms with Gasteiger partial charge in [-0.05, 0) is 18.6 Å². The molecule has 0 atom stereocenters. The average molecular weight is 216 g/mol. The van der Waals surface area contributed by atoms with Crippen LogP contribution >= 0.6 is 0 Å². The van der Waals surface area contributed by atoms with Crippen LogP contribution in [-0.2, 0) is 7.05 Å². The minimum Gasteiger partial charge on any atom is -0.494 e. The lowest BCUT2D eigenvalue weighted by molar-refractivity contribution is 0.317. The highest BCUT2D eigenvalue weighted by Crippen LogP contribution is 2.21. The Morgan fingerprint density at radius 1 is 1.38 bits per heavy atom. The second-order valence-corrected chi connectivity index (χ2v) is 3.74. The zero-order valence-corrected chi connectivity index (χ0v) is 9.68. The van der Waals surface area contributed by atoms with Crippen molar-refractivity contribution in [1.82, 2.24) is 9.55 Å². The lowest BCUT2D eigenvalue weighted by Crippen LogP contribution is -1.96. The summed E-state index contributed by atoms with van der Waals surface area (Å²) in [6.45, 7) is 2.85. The minimum absolute atomic E-state index is 0.754. The molecule has 0 saturated heterocycles. The molecule has 3 heteroatoms. The van der Waals surface area contributed by atoms with Crippen molar-refractivity contribution in [2.24, 2.45) is 7.05 Å². The number of benzene rings is 1. The molecule has 0 unspecified atom stereocenters. The van der Waals surface area contributed by atoms with Crippen molar-refractivity contribution in [2.75, 3.05) is 6.61 Å². The van der Waals surface area contributed by atoms with Gasteiger partial charge >= 0.3 is 0 Å². The maximum atomic E-state index is 5.60. The summed E-state index contributed by atoms with van der Waals surface area (Å²) < 4.78 is 7.60. The smallest absolute Gasteiger partial charge is 0.139 e. The maximum Gasteiger partial charge on any atom is 0.139 e. The second-order valence-electron chi connectivity index (χ2n) is 3.74. The summed E-state index contributed by atoms with van der Waals surface area (Å²) in [5, 5.41) is 0. The summed E-state index contributed by atoms with van der Waals surface area (Å²) in [5.74, 6) is 1.87. The number of hydrogen-bond donors (Lipinski definition) is 0. The molecule has 0 aliphatic carbocycles. The Kier molecular flexibility index (Phi) is 3.25. The van der Waals surface area contributed by atoms with Crippen molar-refractivity contribution in [1.29, 1.82) is 0 Å². The van der Waals surface area contributed by atoms with E-state index >= 15 is 0 Å². The quantitative estimate of drug-likeness (QED) is 0.785. The second kappa shape index (κ2) is 4.84. The Bertz CT molecular complexity index is 462. The number of aromatic nitrogens is 2. The van der Waals surface area contributed by atoms with E-state index in [4.69, 9.17) is 4.74 Å². The van der Waals surface area contributed by atoms with E-state index in [1.54, 1.807) is 6.20 Å². The van der Waals surface area contributed by atoms with E-state index in [9.17, 15) is 0 Å². The molecule has 2 rings (SSSR count). The Morgan fingerprint density at radius 2 is 2.25 bits per heavy atom. The fourth-order valence-electron chi connectivity index (χ4n) is 1.59. The van der Waals surface area contributed by atoms with Crippen LogP contribution in [0.25, 0.3) is 11.4 Å². The molecule has 1 heterocycles. The van der Waals surface area contributed by atoms with Gasteiger partial charge in [0.2, 0.25) is 0 Å². The van der Waals surface area contributed by atoms with Crippen molar-refractivity contribution in [3.8, 4) is 17.1 Å². The van der Waals surface area contributed by atoms with Crippen LogP contribution in [0.5, 0.6) is 5.75 Å². The molecule has 84 valence electrons. The first kappa shape index (κ1) is 10.7. The SMILES string of the molecule is CCCOc1cccc(-c2nccn2C)c1. The van der Waals surface area contributed by atoms with E-state index in [0.29, 0.717) is 0 Å². The highest BCUT2D eigenvalue weighted by atomic mass is 16.5. The van der Waals surface area contributed by atoms with Crippen LogP contribution in [0.2, 0.25) is 0 Å². The topological polar surface area (TPSA) is 27.1 Å². The van der Waals surface area contributed by atoms with E-state index in [2.05, 4.69) is 11.9 Å². The van der Waals surface area contributed by atoms with Gasteiger partial charge in [0.25, 0.3) is 0 Å². The summed E-state index contributed by atoms with van der Waals surface area (Å²) in [7, 11) is 1.99. The van der Waals surface area contributed by atoms with E-state index in [1.165, 1.54) is 0 Å². The third kappa shape index (κ3) is 2.24. The predicted molar refractivity (Wildman–Crippen MR) is 64.4 cm³/mol. The molecular formula is C13H16N2O. The van der Waals surface area contributed by atoms with Crippen LogP contribution in [-0.4, -0.2) is 16.2 Å². The van der Waals surface area contributed by atoms with Crippen molar-refractivity contribution < 1.29 is 4.74 Å². The Hall–Kier alpha value is -1.77. The van der Waals surface area contributed by atoms with Crippen LogP contribution < -0.4 is 4.74 Å². The molecule has 0 N–H and O–H groups in total.